The third-order valence-electron chi connectivity index (χ3n) is 2.52. The summed E-state index contributed by atoms with van der Waals surface area (Å²) in [6.45, 7) is 0. The first kappa shape index (κ1) is 10.3. The lowest BCUT2D eigenvalue weighted by molar-refractivity contribution is 0.458. The third kappa shape index (κ3) is 1.79. The molecule has 0 aliphatic carbocycles. The molecule has 4 nitrogen and oxygen atoms in total. The Hall–Kier alpha value is -1.85. The minimum absolute atomic E-state index is 0.338. The maximum atomic E-state index is 10.6. The molecule has 3 aromatic rings. The summed E-state index contributed by atoms with van der Waals surface area (Å²) in [5.41, 5.74) is 1.51. The summed E-state index contributed by atoms with van der Waals surface area (Å²) in [6.07, 6.45) is 0. The van der Waals surface area contributed by atoms with Gasteiger partial charge in [-0.3, -0.25) is 4.55 Å². The van der Waals surface area contributed by atoms with Gasteiger partial charge in [0.25, 0.3) is 0 Å². The van der Waals surface area contributed by atoms with Gasteiger partial charge in [-0.25, -0.2) is 0 Å². The zero-order chi connectivity index (χ0) is 11.8. The second kappa shape index (κ2) is 3.87. The predicted molar refractivity (Wildman–Crippen MR) is 65.1 cm³/mol. The van der Waals surface area contributed by atoms with Gasteiger partial charge in [-0.05, 0) is 24.3 Å². The van der Waals surface area contributed by atoms with E-state index in [0.717, 1.165) is 21.9 Å². The number of hydrogen-bond donors (Lipinski definition) is 1. The van der Waals surface area contributed by atoms with Crippen LogP contribution in [0.2, 0.25) is 0 Å². The Morgan fingerprint density at radius 1 is 1.06 bits per heavy atom. The third-order valence-corrected chi connectivity index (χ3v) is 2.85. The number of para-hydroxylation sites is 1. The van der Waals surface area contributed by atoms with Crippen LogP contribution in [0.4, 0.5) is 0 Å². The molecule has 1 N–H and O–H groups in total. The van der Waals surface area contributed by atoms with Crippen LogP contribution >= 0.6 is 0 Å². The topological polar surface area (TPSA) is 59.7 Å². The maximum Gasteiger partial charge on any atom is 0.357 e. The highest BCUT2D eigenvalue weighted by Crippen LogP contribution is 2.31. The molecule has 0 amide bonds. The molecule has 1 aromatic heterocycles. The van der Waals surface area contributed by atoms with Crippen molar-refractivity contribution < 1.29 is 17.4 Å². The average Bonchev–Trinajstić information content (AvgIpc) is 2.66. The molecule has 0 radical (unpaired) electrons. The number of furan rings is 1. The van der Waals surface area contributed by atoms with Crippen LogP contribution in [-0.2, 0) is 11.4 Å². The lowest BCUT2D eigenvalue weighted by Gasteiger charge is -1.98. The Kier molecular flexibility index (Phi) is 2.35. The average molecular weight is 248 g/mol. The van der Waals surface area contributed by atoms with Crippen molar-refractivity contribution in [1.82, 2.24) is 0 Å². The van der Waals surface area contributed by atoms with E-state index < -0.39 is 11.4 Å². The summed E-state index contributed by atoms with van der Waals surface area (Å²) in [5.74, 6) is 0.338. The summed E-state index contributed by atoms with van der Waals surface area (Å²) in [5, 5.41) is 1.82. The molecule has 0 aliphatic heterocycles. The largest absolute Gasteiger partial charge is 0.456 e. The Morgan fingerprint density at radius 2 is 1.82 bits per heavy atom. The summed E-state index contributed by atoms with van der Waals surface area (Å²) in [6, 6.07) is 12.6. The molecule has 5 heteroatoms. The fourth-order valence-electron chi connectivity index (χ4n) is 1.84. The molecule has 1 atom stereocenters. The van der Waals surface area contributed by atoms with E-state index in [0.29, 0.717) is 5.75 Å². The van der Waals surface area contributed by atoms with Gasteiger partial charge < -0.3 is 8.60 Å². The Labute approximate surface area is 99.3 Å². The van der Waals surface area contributed by atoms with E-state index in [1.807, 2.05) is 24.3 Å². The Bertz CT molecular complexity index is 717. The van der Waals surface area contributed by atoms with Crippen molar-refractivity contribution in [3.63, 3.8) is 0 Å². The van der Waals surface area contributed by atoms with E-state index >= 15 is 0 Å². The van der Waals surface area contributed by atoms with Crippen LogP contribution < -0.4 is 4.18 Å². The molecule has 0 fully saturated rings. The van der Waals surface area contributed by atoms with Crippen molar-refractivity contribution in [2.24, 2.45) is 0 Å². The summed E-state index contributed by atoms with van der Waals surface area (Å²) in [4.78, 5) is 0. The fraction of sp³-hybridized carbons (Fsp3) is 0. The van der Waals surface area contributed by atoms with Gasteiger partial charge >= 0.3 is 11.4 Å². The van der Waals surface area contributed by atoms with Gasteiger partial charge in [0.05, 0.1) is 0 Å². The standard InChI is InChI=1S/C12H8O4S/c13-17(14)16-8-5-6-12-10(7-8)9-3-1-2-4-11(9)15-12/h1-7H,(H,13,14). The molecule has 1 heterocycles. The van der Waals surface area contributed by atoms with Gasteiger partial charge in [0.15, 0.2) is 0 Å². The molecule has 3 rings (SSSR count). The molecule has 0 spiro atoms. The number of rotatable bonds is 2. The molecule has 0 saturated carbocycles. The molecule has 86 valence electrons. The first-order valence-corrected chi connectivity index (χ1v) is 5.98. The quantitative estimate of drug-likeness (QED) is 0.708. The van der Waals surface area contributed by atoms with Crippen LogP contribution in [0.15, 0.2) is 46.9 Å². The van der Waals surface area contributed by atoms with E-state index in [-0.39, 0.29) is 0 Å². The van der Waals surface area contributed by atoms with Gasteiger partial charge in [0.1, 0.15) is 16.9 Å². The zero-order valence-electron chi connectivity index (χ0n) is 8.62. The van der Waals surface area contributed by atoms with Gasteiger partial charge in [0, 0.05) is 10.8 Å². The van der Waals surface area contributed by atoms with Gasteiger partial charge in [-0.15, -0.1) is 0 Å². The predicted octanol–water partition coefficient (Wildman–Crippen LogP) is 3.10. The highest BCUT2D eigenvalue weighted by Gasteiger charge is 2.08. The monoisotopic (exact) mass is 248 g/mol. The van der Waals surface area contributed by atoms with Crippen molar-refractivity contribution in [3.05, 3.63) is 42.5 Å². The molecule has 0 saturated heterocycles. The SMILES string of the molecule is O=S(O)Oc1ccc2oc3ccccc3c2c1. The number of benzene rings is 2. The van der Waals surface area contributed by atoms with Crippen LogP contribution in [0, 0.1) is 0 Å². The van der Waals surface area contributed by atoms with Crippen LogP contribution in [0.5, 0.6) is 5.75 Å². The highest BCUT2D eigenvalue weighted by atomic mass is 32.2. The summed E-state index contributed by atoms with van der Waals surface area (Å²) in [7, 11) is 0. The van der Waals surface area contributed by atoms with Crippen LogP contribution in [-0.4, -0.2) is 8.76 Å². The molecular formula is C12H8O4S. The minimum atomic E-state index is -2.31. The molecule has 0 aliphatic rings. The minimum Gasteiger partial charge on any atom is -0.456 e. The molecule has 1 unspecified atom stereocenters. The fourth-order valence-corrected chi connectivity index (χ4v) is 2.11. The van der Waals surface area contributed by atoms with Crippen LogP contribution in [0.3, 0.4) is 0 Å². The lowest BCUT2D eigenvalue weighted by Crippen LogP contribution is -1.96. The number of fused-ring (bicyclic) bond motifs is 3. The highest BCUT2D eigenvalue weighted by molar-refractivity contribution is 7.74. The van der Waals surface area contributed by atoms with E-state index in [1.54, 1.807) is 18.2 Å². The van der Waals surface area contributed by atoms with Crippen molar-refractivity contribution in [2.45, 2.75) is 0 Å². The van der Waals surface area contributed by atoms with Crippen molar-refractivity contribution in [1.29, 1.82) is 0 Å². The maximum absolute atomic E-state index is 10.6. The second-order valence-corrected chi connectivity index (χ2v) is 4.16. The lowest BCUT2D eigenvalue weighted by atomic mass is 10.1. The van der Waals surface area contributed by atoms with Gasteiger partial charge in [0.2, 0.25) is 0 Å². The molecule has 0 bridgehead atoms. The van der Waals surface area contributed by atoms with E-state index in [9.17, 15) is 4.21 Å². The van der Waals surface area contributed by atoms with Crippen molar-refractivity contribution >= 4 is 33.3 Å². The van der Waals surface area contributed by atoms with Crippen molar-refractivity contribution in [3.8, 4) is 5.75 Å². The van der Waals surface area contributed by atoms with E-state index in [2.05, 4.69) is 0 Å². The first-order chi connectivity index (χ1) is 8.24. The van der Waals surface area contributed by atoms with E-state index in [1.165, 1.54) is 0 Å². The summed E-state index contributed by atoms with van der Waals surface area (Å²) < 4.78 is 29.6. The van der Waals surface area contributed by atoms with E-state index in [4.69, 9.17) is 13.2 Å². The first-order valence-electron chi connectivity index (χ1n) is 4.94. The smallest absolute Gasteiger partial charge is 0.357 e. The van der Waals surface area contributed by atoms with Gasteiger partial charge in [-0.1, -0.05) is 18.2 Å². The molecule has 2 aromatic carbocycles. The van der Waals surface area contributed by atoms with Gasteiger partial charge in [-0.2, -0.15) is 4.21 Å². The molecule has 17 heavy (non-hydrogen) atoms. The number of hydrogen-bond acceptors (Lipinski definition) is 3. The Morgan fingerprint density at radius 3 is 2.65 bits per heavy atom. The second-order valence-electron chi connectivity index (χ2n) is 3.56. The zero-order valence-corrected chi connectivity index (χ0v) is 9.44. The normalized spacial score (nSPS) is 13.0. The summed E-state index contributed by atoms with van der Waals surface area (Å²) >= 11 is -2.31. The van der Waals surface area contributed by atoms with Crippen molar-refractivity contribution in [2.75, 3.05) is 0 Å². The van der Waals surface area contributed by atoms with Crippen LogP contribution in [0.1, 0.15) is 0 Å². The molecular weight excluding hydrogens is 240 g/mol. The Balaban J connectivity index is 2.26. The van der Waals surface area contributed by atoms with Crippen LogP contribution in [0.25, 0.3) is 21.9 Å².